The molecule has 1 rings (SSSR count). The maximum Gasteiger partial charge on any atom is 0.505 e. The lowest BCUT2D eigenvalue weighted by molar-refractivity contribution is 0.0896. The van der Waals surface area contributed by atoms with E-state index in [1.54, 1.807) is 0 Å². The molecule has 3 heteroatoms. The Labute approximate surface area is 96.1 Å². The van der Waals surface area contributed by atoms with Gasteiger partial charge in [-0.15, -0.1) is 0 Å². The highest BCUT2D eigenvalue weighted by atomic mass is 16.7. The van der Waals surface area contributed by atoms with Crippen LogP contribution in [0, 0.1) is 0 Å². The average Bonchev–Trinajstić information content (AvgIpc) is 2.30. The largest absolute Gasteiger partial charge is 0.505 e. The summed E-state index contributed by atoms with van der Waals surface area (Å²) in [5, 5.41) is 8.33. The van der Waals surface area contributed by atoms with Crippen LogP contribution in [0.1, 0.15) is 37.7 Å². The van der Waals surface area contributed by atoms with Crippen molar-refractivity contribution < 1.29 is 14.6 Å². The zero-order chi connectivity index (χ0) is 11.8. The Kier molecular flexibility index (Phi) is 5.40. The highest BCUT2D eigenvalue weighted by Gasteiger charge is 2.08. The molecule has 88 valence electrons. The molecular weight excluding hydrogens is 204 g/mol. The van der Waals surface area contributed by atoms with E-state index in [0.717, 1.165) is 19.3 Å². The van der Waals surface area contributed by atoms with E-state index in [1.807, 2.05) is 18.2 Å². The predicted octanol–water partition coefficient (Wildman–Crippen LogP) is 3.66. The standard InChI is InChI=1S/C13H18O3/c1-2-11(9-6-10-16-13(14)15)12-7-4-3-5-8-12/h3-5,7-8,11H,2,6,9-10H2,1H3,(H,14,15). The highest BCUT2D eigenvalue weighted by molar-refractivity contribution is 5.56. The molecule has 0 amide bonds. The Bertz CT molecular complexity index is 308. The minimum atomic E-state index is -1.19. The minimum absolute atomic E-state index is 0.290. The van der Waals surface area contributed by atoms with Gasteiger partial charge in [-0.05, 0) is 30.7 Å². The molecule has 0 heterocycles. The Morgan fingerprint density at radius 1 is 1.38 bits per heavy atom. The highest BCUT2D eigenvalue weighted by Crippen LogP contribution is 2.24. The van der Waals surface area contributed by atoms with Gasteiger partial charge in [0.25, 0.3) is 0 Å². The van der Waals surface area contributed by atoms with E-state index in [-0.39, 0.29) is 0 Å². The summed E-state index contributed by atoms with van der Waals surface area (Å²) in [6, 6.07) is 10.3. The van der Waals surface area contributed by atoms with Crippen LogP contribution in [0.25, 0.3) is 0 Å². The van der Waals surface area contributed by atoms with Crippen LogP contribution >= 0.6 is 0 Å². The molecule has 1 unspecified atom stereocenters. The molecule has 0 aliphatic rings. The van der Waals surface area contributed by atoms with Gasteiger partial charge in [-0.3, -0.25) is 0 Å². The van der Waals surface area contributed by atoms with Crippen LogP contribution in [-0.4, -0.2) is 17.9 Å². The third-order valence-electron chi connectivity index (χ3n) is 2.69. The van der Waals surface area contributed by atoms with Gasteiger partial charge >= 0.3 is 6.16 Å². The second-order valence-corrected chi connectivity index (χ2v) is 3.77. The van der Waals surface area contributed by atoms with Gasteiger partial charge in [0.2, 0.25) is 0 Å². The van der Waals surface area contributed by atoms with Crippen LogP contribution < -0.4 is 0 Å². The van der Waals surface area contributed by atoms with E-state index in [0.29, 0.717) is 12.5 Å². The van der Waals surface area contributed by atoms with E-state index < -0.39 is 6.16 Å². The first-order valence-electron chi connectivity index (χ1n) is 5.64. The van der Waals surface area contributed by atoms with E-state index in [2.05, 4.69) is 23.8 Å². The molecular formula is C13H18O3. The Morgan fingerprint density at radius 2 is 2.06 bits per heavy atom. The van der Waals surface area contributed by atoms with Crippen LogP contribution in [0.5, 0.6) is 0 Å². The molecule has 0 spiro atoms. The molecule has 0 aliphatic carbocycles. The minimum Gasteiger partial charge on any atom is -0.450 e. The number of hydrogen-bond acceptors (Lipinski definition) is 2. The molecule has 0 saturated heterocycles. The monoisotopic (exact) mass is 222 g/mol. The zero-order valence-corrected chi connectivity index (χ0v) is 9.56. The third-order valence-corrected chi connectivity index (χ3v) is 2.69. The van der Waals surface area contributed by atoms with Gasteiger partial charge in [-0.2, -0.15) is 0 Å². The van der Waals surface area contributed by atoms with Gasteiger partial charge in [0.05, 0.1) is 6.61 Å². The number of ether oxygens (including phenoxy) is 1. The van der Waals surface area contributed by atoms with Crippen LogP contribution in [0.4, 0.5) is 4.79 Å². The molecule has 16 heavy (non-hydrogen) atoms. The van der Waals surface area contributed by atoms with Crippen molar-refractivity contribution in [2.45, 2.75) is 32.1 Å². The van der Waals surface area contributed by atoms with Gasteiger partial charge < -0.3 is 9.84 Å². The van der Waals surface area contributed by atoms with Crippen molar-refractivity contribution >= 4 is 6.16 Å². The smallest absolute Gasteiger partial charge is 0.450 e. The second kappa shape index (κ2) is 6.88. The van der Waals surface area contributed by atoms with Crippen LogP contribution in [0.2, 0.25) is 0 Å². The first-order valence-corrected chi connectivity index (χ1v) is 5.64. The summed E-state index contributed by atoms with van der Waals surface area (Å²) in [7, 11) is 0. The summed E-state index contributed by atoms with van der Waals surface area (Å²) in [5.74, 6) is 0.499. The van der Waals surface area contributed by atoms with E-state index in [4.69, 9.17) is 5.11 Å². The Morgan fingerprint density at radius 3 is 2.62 bits per heavy atom. The lowest BCUT2D eigenvalue weighted by Gasteiger charge is -2.14. The van der Waals surface area contributed by atoms with Gasteiger partial charge in [0, 0.05) is 0 Å². The summed E-state index contributed by atoms with van der Waals surface area (Å²) in [6.45, 7) is 2.44. The number of carbonyl (C=O) groups is 1. The number of benzene rings is 1. The first kappa shape index (κ1) is 12.6. The maximum atomic E-state index is 10.2. The first-order chi connectivity index (χ1) is 7.74. The average molecular weight is 222 g/mol. The molecule has 0 radical (unpaired) electrons. The number of carboxylic acid groups (broad SMARTS) is 1. The molecule has 0 saturated carbocycles. The number of hydrogen-bond donors (Lipinski definition) is 1. The summed E-state index contributed by atoms with van der Waals surface area (Å²) in [4.78, 5) is 10.2. The predicted molar refractivity (Wildman–Crippen MR) is 62.7 cm³/mol. The second-order valence-electron chi connectivity index (χ2n) is 3.77. The van der Waals surface area contributed by atoms with Crippen molar-refractivity contribution in [3.05, 3.63) is 35.9 Å². The summed E-state index contributed by atoms with van der Waals surface area (Å²) in [5.41, 5.74) is 1.32. The third kappa shape index (κ3) is 4.34. The fraction of sp³-hybridized carbons (Fsp3) is 0.462. The normalized spacial score (nSPS) is 12.1. The maximum absolute atomic E-state index is 10.2. The molecule has 0 bridgehead atoms. The fourth-order valence-electron chi connectivity index (χ4n) is 1.82. The molecule has 1 N–H and O–H groups in total. The van der Waals surface area contributed by atoms with Crippen molar-refractivity contribution in [2.24, 2.45) is 0 Å². The van der Waals surface area contributed by atoms with Crippen molar-refractivity contribution in [3.63, 3.8) is 0 Å². The van der Waals surface area contributed by atoms with E-state index >= 15 is 0 Å². The fourth-order valence-corrected chi connectivity index (χ4v) is 1.82. The molecule has 1 aromatic rings. The molecule has 0 aromatic heterocycles. The SMILES string of the molecule is CCC(CCCOC(=O)O)c1ccccc1. The molecule has 3 nitrogen and oxygen atoms in total. The van der Waals surface area contributed by atoms with Crippen molar-refractivity contribution in [2.75, 3.05) is 6.61 Å². The van der Waals surface area contributed by atoms with Crippen molar-refractivity contribution in [1.82, 2.24) is 0 Å². The molecule has 0 fully saturated rings. The summed E-state index contributed by atoms with van der Waals surface area (Å²) in [6.07, 6.45) is 1.62. The van der Waals surface area contributed by atoms with E-state index in [1.165, 1.54) is 5.56 Å². The van der Waals surface area contributed by atoms with Crippen LogP contribution in [0.15, 0.2) is 30.3 Å². The van der Waals surface area contributed by atoms with Gasteiger partial charge in [-0.25, -0.2) is 4.79 Å². The Hall–Kier alpha value is -1.51. The topological polar surface area (TPSA) is 46.5 Å². The molecule has 0 aliphatic heterocycles. The summed E-state index contributed by atoms with van der Waals surface area (Å²) >= 11 is 0. The van der Waals surface area contributed by atoms with Crippen molar-refractivity contribution in [1.29, 1.82) is 0 Å². The van der Waals surface area contributed by atoms with Gasteiger partial charge in [-0.1, -0.05) is 37.3 Å². The van der Waals surface area contributed by atoms with Gasteiger partial charge in [0.1, 0.15) is 0 Å². The lowest BCUT2D eigenvalue weighted by atomic mass is 9.92. The van der Waals surface area contributed by atoms with Gasteiger partial charge in [0.15, 0.2) is 0 Å². The Balaban J connectivity index is 2.35. The lowest BCUT2D eigenvalue weighted by Crippen LogP contribution is -2.04. The summed E-state index contributed by atoms with van der Waals surface area (Å²) < 4.78 is 4.49. The van der Waals surface area contributed by atoms with Crippen LogP contribution in [0.3, 0.4) is 0 Å². The molecule has 1 aromatic carbocycles. The molecule has 1 atom stereocenters. The zero-order valence-electron chi connectivity index (χ0n) is 9.56. The number of rotatable bonds is 6. The quantitative estimate of drug-likeness (QED) is 0.590. The van der Waals surface area contributed by atoms with Crippen LogP contribution in [-0.2, 0) is 4.74 Å². The van der Waals surface area contributed by atoms with Crippen molar-refractivity contribution in [3.8, 4) is 0 Å². The van der Waals surface area contributed by atoms with E-state index in [9.17, 15) is 4.79 Å².